The van der Waals surface area contributed by atoms with Crippen LogP contribution in [-0.2, 0) is 9.36 Å². The van der Waals surface area contributed by atoms with Crippen molar-refractivity contribution in [2.24, 2.45) is 0 Å². The fraction of sp³-hybridized carbons (Fsp3) is 0.727. The molecule has 0 saturated carbocycles. The van der Waals surface area contributed by atoms with Crippen LogP contribution in [0, 0.1) is 0 Å². The number of rotatable bonds is 8. The molecule has 0 aromatic heterocycles. The summed E-state index contributed by atoms with van der Waals surface area (Å²) in [6.45, 7) is 5.42. The molecule has 1 amide bonds. The zero-order valence-corrected chi connectivity index (χ0v) is 11.4. The highest BCUT2D eigenvalue weighted by Crippen LogP contribution is 2.37. The molecule has 0 spiro atoms. The molecule has 17 heavy (non-hydrogen) atoms. The van der Waals surface area contributed by atoms with Crippen molar-refractivity contribution >= 4 is 13.5 Å². The van der Waals surface area contributed by atoms with Crippen LogP contribution in [0.5, 0.6) is 0 Å². The van der Waals surface area contributed by atoms with E-state index in [2.05, 4.69) is 13.5 Å². The Hall–Kier alpha value is -0.640. The second-order valence-corrected chi connectivity index (χ2v) is 5.84. The van der Waals surface area contributed by atoms with Gasteiger partial charge in [-0.15, -0.1) is 0 Å². The number of hydrogen-bond acceptors (Lipinski definition) is 2. The van der Waals surface area contributed by atoms with Gasteiger partial charge < -0.3 is 14.7 Å². The van der Waals surface area contributed by atoms with E-state index in [9.17, 15) is 9.36 Å². The second-order valence-electron chi connectivity index (χ2n) is 4.15. The maximum absolute atomic E-state index is 11.4. The SMILES string of the molecule is C=CC(=O)N(C)C(CCCCC)CP(=O)(O)O. The third-order valence-electron chi connectivity index (χ3n) is 2.66. The third kappa shape index (κ3) is 7.31. The molecule has 1 unspecified atom stereocenters. The van der Waals surface area contributed by atoms with Crippen LogP contribution >= 0.6 is 7.60 Å². The zero-order valence-electron chi connectivity index (χ0n) is 10.5. The Bertz CT molecular complexity index is 300. The minimum Gasteiger partial charge on any atom is -0.339 e. The highest BCUT2D eigenvalue weighted by atomic mass is 31.2. The molecule has 0 aromatic rings. The molecular weight excluding hydrogens is 241 g/mol. The summed E-state index contributed by atoms with van der Waals surface area (Å²) in [6, 6.07) is -0.423. The Morgan fingerprint density at radius 1 is 1.47 bits per heavy atom. The Balaban J connectivity index is 4.54. The van der Waals surface area contributed by atoms with Gasteiger partial charge in [-0.2, -0.15) is 0 Å². The first-order chi connectivity index (χ1) is 7.81. The smallest absolute Gasteiger partial charge is 0.327 e. The lowest BCUT2D eigenvalue weighted by molar-refractivity contribution is -0.126. The van der Waals surface area contributed by atoms with E-state index in [1.165, 1.54) is 4.90 Å². The van der Waals surface area contributed by atoms with Gasteiger partial charge in [0, 0.05) is 13.1 Å². The fourth-order valence-corrected chi connectivity index (χ4v) is 2.61. The molecule has 100 valence electrons. The van der Waals surface area contributed by atoms with Crippen LogP contribution in [-0.4, -0.2) is 39.8 Å². The van der Waals surface area contributed by atoms with Crippen LogP contribution in [0.3, 0.4) is 0 Å². The van der Waals surface area contributed by atoms with Crippen LogP contribution in [0.2, 0.25) is 0 Å². The van der Waals surface area contributed by atoms with Crippen molar-refractivity contribution in [3.05, 3.63) is 12.7 Å². The van der Waals surface area contributed by atoms with Crippen LogP contribution in [0.25, 0.3) is 0 Å². The van der Waals surface area contributed by atoms with E-state index in [4.69, 9.17) is 9.79 Å². The first kappa shape index (κ1) is 16.4. The maximum Gasteiger partial charge on any atom is 0.327 e. The van der Waals surface area contributed by atoms with Crippen molar-refractivity contribution in [3.63, 3.8) is 0 Å². The summed E-state index contributed by atoms with van der Waals surface area (Å²) in [5.74, 6) is -0.306. The van der Waals surface area contributed by atoms with Gasteiger partial charge >= 0.3 is 7.60 Å². The van der Waals surface area contributed by atoms with E-state index in [-0.39, 0.29) is 12.1 Å². The van der Waals surface area contributed by atoms with Crippen molar-refractivity contribution in [2.45, 2.75) is 38.6 Å². The minimum atomic E-state index is -4.10. The Labute approximate surface area is 103 Å². The van der Waals surface area contributed by atoms with Gasteiger partial charge in [0.15, 0.2) is 0 Å². The molecule has 0 saturated heterocycles. The summed E-state index contributed by atoms with van der Waals surface area (Å²) in [6.07, 6.45) is 4.36. The molecule has 6 heteroatoms. The molecule has 0 aliphatic heterocycles. The summed E-state index contributed by atoms with van der Waals surface area (Å²) in [7, 11) is -2.55. The van der Waals surface area contributed by atoms with Crippen molar-refractivity contribution < 1.29 is 19.1 Å². The van der Waals surface area contributed by atoms with Crippen LogP contribution in [0.15, 0.2) is 12.7 Å². The average molecular weight is 263 g/mol. The standard InChI is InChI=1S/C11H22NO4P/c1-4-6-7-8-10(9-17(14,15)16)12(3)11(13)5-2/h5,10H,2,4,6-9H2,1,3H3,(H2,14,15,16). The van der Waals surface area contributed by atoms with Gasteiger partial charge in [0.1, 0.15) is 0 Å². The fourth-order valence-electron chi connectivity index (χ4n) is 1.64. The summed E-state index contributed by atoms with van der Waals surface area (Å²) in [5.41, 5.74) is 0. The van der Waals surface area contributed by atoms with Gasteiger partial charge in [0.05, 0.1) is 6.16 Å². The monoisotopic (exact) mass is 263 g/mol. The lowest BCUT2D eigenvalue weighted by Crippen LogP contribution is -2.38. The summed E-state index contributed by atoms with van der Waals surface area (Å²) >= 11 is 0. The van der Waals surface area contributed by atoms with Gasteiger partial charge in [0.25, 0.3) is 0 Å². The van der Waals surface area contributed by atoms with Crippen molar-refractivity contribution in [1.29, 1.82) is 0 Å². The number of hydrogen-bond donors (Lipinski definition) is 2. The van der Waals surface area contributed by atoms with Crippen LogP contribution in [0.1, 0.15) is 32.6 Å². The Morgan fingerprint density at radius 3 is 2.47 bits per heavy atom. The zero-order chi connectivity index (χ0) is 13.5. The first-order valence-corrected chi connectivity index (χ1v) is 7.55. The third-order valence-corrected chi connectivity index (χ3v) is 3.56. The van der Waals surface area contributed by atoms with Gasteiger partial charge in [-0.3, -0.25) is 9.36 Å². The van der Waals surface area contributed by atoms with Gasteiger partial charge in [-0.05, 0) is 12.5 Å². The molecule has 0 radical (unpaired) electrons. The van der Waals surface area contributed by atoms with E-state index in [1.54, 1.807) is 7.05 Å². The van der Waals surface area contributed by atoms with Crippen molar-refractivity contribution in [2.75, 3.05) is 13.2 Å². The van der Waals surface area contributed by atoms with Crippen molar-refractivity contribution in [1.82, 2.24) is 4.90 Å². The molecule has 0 aliphatic carbocycles. The van der Waals surface area contributed by atoms with E-state index in [0.29, 0.717) is 6.42 Å². The van der Waals surface area contributed by atoms with E-state index < -0.39 is 13.6 Å². The Kier molecular flexibility index (Phi) is 7.35. The van der Waals surface area contributed by atoms with E-state index >= 15 is 0 Å². The normalized spacial score (nSPS) is 13.2. The molecule has 0 fully saturated rings. The predicted molar refractivity (Wildman–Crippen MR) is 67.8 cm³/mol. The largest absolute Gasteiger partial charge is 0.339 e. The van der Waals surface area contributed by atoms with Gasteiger partial charge in [0.2, 0.25) is 5.91 Å². The van der Waals surface area contributed by atoms with Crippen LogP contribution in [0.4, 0.5) is 0 Å². The number of unbranched alkanes of at least 4 members (excludes halogenated alkanes) is 2. The van der Waals surface area contributed by atoms with E-state index in [1.807, 2.05) is 0 Å². The number of carbonyl (C=O) groups is 1. The number of likely N-dealkylation sites (N-methyl/N-ethyl adjacent to an activating group) is 1. The average Bonchev–Trinajstić information content (AvgIpc) is 2.24. The molecule has 0 aromatic carbocycles. The summed E-state index contributed by atoms with van der Waals surface area (Å²) < 4.78 is 11.0. The quantitative estimate of drug-likeness (QED) is 0.397. The Morgan fingerprint density at radius 2 is 2.06 bits per heavy atom. The molecule has 1 atom stereocenters. The highest BCUT2D eigenvalue weighted by molar-refractivity contribution is 7.51. The minimum absolute atomic E-state index is 0.285. The van der Waals surface area contributed by atoms with Crippen LogP contribution < -0.4 is 0 Å². The summed E-state index contributed by atoms with van der Waals surface area (Å²) in [4.78, 5) is 30.8. The van der Waals surface area contributed by atoms with Gasteiger partial charge in [-0.1, -0.05) is 32.8 Å². The molecule has 2 N–H and O–H groups in total. The molecular formula is C11H22NO4P. The molecule has 0 aliphatic rings. The lowest BCUT2D eigenvalue weighted by atomic mass is 10.1. The molecule has 0 bridgehead atoms. The number of amides is 1. The lowest BCUT2D eigenvalue weighted by Gasteiger charge is -2.27. The summed E-state index contributed by atoms with van der Waals surface area (Å²) in [5, 5.41) is 0. The van der Waals surface area contributed by atoms with E-state index in [0.717, 1.165) is 25.3 Å². The predicted octanol–water partition coefficient (Wildman–Crippen LogP) is 1.76. The first-order valence-electron chi connectivity index (χ1n) is 5.75. The maximum atomic E-state index is 11.4. The molecule has 0 rings (SSSR count). The number of carbonyl (C=O) groups excluding carboxylic acids is 1. The van der Waals surface area contributed by atoms with Crippen molar-refractivity contribution in [3.8, 4) is 0 Å². The van der Waals surface area contributed by atoms with Gasteiger partial charge in [-0.25, -0.2) is 0 Å². The second kappa shape index (κ2) is 7.64. The molecule has 5 nitrogen and oxygen atoms in total. The molecule has 0 heterocycles. The number of nitrogens with zero attached hydrogens (tertiary/aromatic N) is 1. The highest BCUT2D eigenvalue weighted by Gasteiger charge is 2.26. The topological polar surface area (TPSA) is 77.8 Å².